The summed E-state index contributed by atoms with van der Waals surface area (Å²) in [6.45, 7) is 2.02. The molecule has 2 aromatic carbocycles. The number of aromatic amines is 1. The largest absolute Gasteiger partial charge is 0.438 e. The van der Waals surface area contributed by atoms with Crippen LogP contribution in [0, 0.1) is 6.92 Å². The summed E-state index contributed by atoms with van der Waals surface area (Å²) in [7, 11) is 0. The van der Waals surface area contributed by atoms with E-state index < -0.39 is 0 Å². The minimum atomic E-state index is 0.335. The first-order valence-electron chi connectivity index (χ1n) is 8.98. The zero-order valence-corrected chi connectivity index (χ0v) is 15.5. The van der Waals surface area contributed by atoms with E-state index in [1.165, 1.54) is 6.33 Å². The van der Waals surface area contributed by atoms with E-state index >= 15 is 0 Å². The maximum atomic E-state index is 5.89. The number of hydrogen-bond acceptors (Lipinski definition) is 7. The van der Waals surface area contributed by atoms with Crippen LogP contribution in [0.5, 0.6) is 11.6 Å². The molecule has 3 aromatic heterocycles. The number of hydrogen-bond donors (Lipinski definition) is 2. The summed E-state index contributed by atoms with van der Waals surface area (Å²) in [4.78, 5) is 11.4. The number of benzene rings is 2. The van der Waals surface area contributed by atoms with Crippen molar-refractivity contribution in [2.45, 2.75) is 6.92 Å². The minimum absolute atomic E-state index is 0.335. The fourth-order valence-corrected chi connectivity index (χ4v) is 2.94. The molecule has 0 amide bonds. The normalized spacial score (nSPS) is 10.9. The van der Waals surface area contributed by atoms with Gasteiger partial charge in [0.15, 0.2) is 0 Å². The Balaban J connectivity index is 1.33. The predicted molar refractivity (Wildman–Crippen MR) is 108 cm³/mol. The Morgan fingerprint density at radius 1 is 1.00 bits per heavy atom. The number of H-pyrrole nitrogens is 1. The highest BCUT2D eigenvalue weighted by molar-refractivity contribution is 5.80. The number of aromatic nitrogens is 5. The molecule has 0 atom stereocenters. The average Bonchev–Trinajstić information content (AvgIpc) is 3.39. The summed E-state index contributed by atoms with van der Waals surface area (Å²) in [5.74, 6) is 1.56. The first-order valence-corrected chi connectivity index (χ1v) is 8.98. The molecule has 142 valence electrons. The van der Waals surface area contributed by atoms with Gasteiger partial charge in [-0.2, -0.15) is 0 Å². The number of ether oxygens (including phenoxy) is 1. The highest BCUT2D eigenvalue weighted by Crippen LogP contribution is 2.28. The molecule has 29 heavy (non-hydrogen) atoms. The van der Waals surface area contributed by atoms with Gasteiger partial charge in [-0.1, -0.05) is 17.2 Å². The van der Waals surface area contributed by atoms with E-state index in [0.29, 0.717) is 23.5 Å². The summed E-state index contributed by atoms with van der Waals surface area (Å²) in [5.41, 5.74) is 3.55. The molecule has 5 rings (SSSR count). The van der Waals surface area contributed by atoms with Crippen LogP contribution in [-0.4, -0.2) is 25.1 Å². The molecule has 5 aromatic rings. The van der Waals surface area contributed by atoms with Crippen LogP contribution in [0.4, 0.5) is 11.7 Å². The second-order valence-electron chi connectivity index (χ2n) is 6.45. The first kappa shape index (κ1) is 16.9. The first-order chi connectivity index (χ1) is 14.2. The summed E-state index contributed by atoms with van der Waals surface area (Å²) >= 11 is 0. The van der Waals surface area contributed by atoms with E-state index in [9.17, 15) is 0 Å². The van der Waals surface area contributed by atoms with Crippen LogP contribution in [-0.2, 0) is 0 Å². The Bertz CT molecular complexity index is 1280. The molecule has 0 saturated heterocycles. The Hall–Kier alpha value is -4.20. The number of nitrogens with zero attached hydrogens (tertiary/aromatic N) is 4. The van der Waals surface area contributed by atoms with Gasteiger partial charge in [-0.05, 0) is 55.0 Å². The van der Waals surface area contributed by atoms with E-state index in [1.54, 1.807) is 6.20 Å². The minimum Gasteiger partial charge on any atom is -0.438 e. The summed E-state index contributed by atoms with van der Waals surface area (Å²) in [5, 5.41) is 12.1. The number of rotatable bonds is 5. The topological polar surface area (TPSA) is 102 Å². The van der Waals surface area contributed by atoms with Gasteiger partial charge >= 0.3 is 6.01 Å². The summed E-state index contributed by atoms with van der Waals surface area (Å²) in [6, 6.07) is 17.5. The van der Waals surface area contributed by atoms with Crippen LogP contribution in [0.1, 0.15) is 5.56 Å². The van der Waals surface area contributed by atoms with Crippen LogP contribution in [0.2, 0.25) is 0 Å². The van der Waals surface area contributed by atoms with Gasteiger partial charge in [0, 0.05) is 17.4 Å². The summed E-state index contributed by atoms with van der Waals surface area (Å²) < 4.78 is 11.6. The van der Waals surface area contributed by atoms with Crippen LogP contribution >= 0.6 is 0 Å². The maximum Gasteiger partial charge on any atom is 0.320 e. The van der Waals surface area contributed by atoms with Crippen molar-refractivity contribution in [3.8, 4) is 23.1 Å². The predicted octanol–water partition coefficient (Wildman–Crippen LogP) is 4.85. The van der Waals surface area contributed by atoms with E-state index in [4.69, 9.17) is 9.15 Å². The molecule has 3 heterocycles. The molecule has 8 heteroatoms. The molecule has 0 radical (unpaired) electrons. The van der Waals surface area contributed by atoms with E-state index in [2.05, 4.69) is 30.5 Å². The summed E-state index contributed by atoms with van der Waals surface area (Å²) in [6.07, 6.45) is 3.26. The number of aryl methyl sites for hydroxylation is 1. The van der Waals surface area contributed by atoms with Crippen molar-refractivity contribution in [2.75, 3.05) is 5.32 Å². The molecule has 8 nitrogen and oxygen atoms in total. The van der Waals surface area contributed by atoms with Gasteiger partial charge in [-0.3, -0.25) is 0 Å². The molecular weight excluding hydrogens is 368 g/mol. The van der Waals surface area contributed by atoms with Crippen molar-refractivity contribution in [3.63, 3.8) is 0 Å². The van der Waals surface area contributed by atoms with Crippen molar-refractivity contribution in [2.24, 2.45) is 0 Å². The zero-order valence-electron chi connectivity index (χ0n) is 15.5. The van der Waals surface area contributed by atoms with Gasteiger partial charge in [-0.15, -0.1) is 5.10 Å². The SMILES string of the molecule is Cc1cccc(Nc2nnc(-c3ccc(Oc4ncnc5[nH]ccc45)cc3)o2)c1. The maximum absolute atomic E-state index is 5.89. The lowest BCUT2D eigenvalue weighted by atomic mass is 10.2. The Labute approximate surface area is 165 Å². The molecule has 0 unspecified atom stereocenters. The van der Waals surface area contributed by atoms with E-state index in [1.807, 2.05) is 61.5 Å². The molecule has 2 N–H and O–H groups in total. The average molecular weight is 384 g/mol. The van der Waals surface area contributed by atoms with Crippen molar-refractivity contribution < 1.29 is 9.15 Å². The Kier molecular flexibility index (Phi) is 4.14. The smallest absolute Gasteiger partial charge is 0.320 e. The quantitative estimate of drug-likeness (QED) is 0.446. The van der Waals surface area contributed by atoms with Crippen LogP contribution < -0.4 is 10.1 Å². The number of anilines is 2. The molecular formula is C21H16N6O2. The fraction of sp³-hybridized carbons (Fsp3) is 0.0476. The number of fused-ring (bicyclic) bond motifs is 1. The molecule has 0 fully saturated rings. The second kappa shape index (κ2) is 7.08. The Morgan fingerprint density at radius 2 is 1.90 bits per heavy atom. The standard InChI is InChI=1S/C21H16N6O2/c1-13-3-2-4-15(11-13)25-21-27-26-19(29-21)14-5-7-16(8-6-14)28-20-17-9-10-22-18(17)23-12-24-20/h2-12H,1H3,(H,25,27)(H,22,23,24). The third-order valence-corrected chi connectivity index (χ3v) is 4.33. The number of nitrogens with one attached hydrogen (secondary N) is 2. The van der Waals surface area contributed by atoms with Gasteiger partial charge in [-0.25, -0.2) is 9.97 Å². The lowest BCUT2D eigenvalue weighted by Crippen LogP contribution is -1.90. The molecule has 0 bridgehead atoms. The molecule has 0 aliphatic heterocycles. The zero-order chi connectivity index (χ0) is 19.6. The lowest BCUT2D eigenvalue weighted by Gasteiger charge is -2.05. The monoisotopic (exact) mass is 384 g/mol. The molecule has 0 aliphatic rings. The van der Waals surface area contributed by atoms with Crippen molar-refractivity contribution in [3.05, 3.63) is 72.7 Å². The third-order valence-electron chi connectivity index (χ3n) is 4.33. The highest BCUT2D eigenvalue weighted by Gasteiger charge is 2.11. The Morgan fingerprint density at radius 3 is 2.76 bits per heavy atom. The van der Waals surface area contributed by atoms with Crippen LogP contribution in [0.15, 0.2) is 71.5 Å². The second-order valence-corrected chi connectivity index (χ2v) is 6.45. The fourth-order valence-electron chi connectivity index (χ4n) is 2.94. The van der Waals surface area contributed by atoms with Crippen LogP contribution in [0.25, 0.3) is 22.5 Å². The van der Waals surface area contributed by atoms with Gasteiger partial charge in [0.05, 0.1) is 5.39 Å². The van der Waals surface area contributed by atoms with Crippen molar-refractivity contribution in [1.29, 1.82) is 0 Å². The molecule has 0 saturated carbocycles. The van der Waals surface area contributed by atoms with Crippen molar-refractivity contribution in [1.82, 2.24) is 25.1 Å². The van der Waals surface area contributed by atoms with Gasteiger partial charge in [0.25, 0.3) is 0 Å². The highest BCUT2D eigenvalue weighted by atomic mass is 16.5. The molecule has 0 spiro atoms. The lowest BCUT2D eigenvalue weighted by molar-refractivity contribution is 0.468. The van der Waals surface area contributed by atoms with Crippen molar-refractivity contribution >= 4 is 22.7 Å². The van der Waals surface area contributed by atoms with Gasteiger partial charge < -0.3 is 19.5 Å². The van der Waals surface area contributed by atoms with Gasteiger partial charge in [0.1, 0.15) is 17.7 Å². The van der Waals surface area contributed by atoms with Gasteiger partial charge in [0.2, 0.25) is 11.8 Å². The third kappa shape index (κ3) is 3.51. The molecule has 0 aliphatic carbocycles. The van der Waals surface area contributed by atoms with Crippen LogP contribution in [0.3, 0.4) is 0 Å². The van der Waals surface area contributed by atoms with E-state index in [-0.39, 0.29) is 0 Å². The van der Waals surface area contributed by atoms with E-state index in [0.717, 1.165) is 27.8 Å².